The van der Waals surface area contributed by atoms with Gasteiger partial charge in [0.15, 0.2) is 5.78 Å². The van der Waals surface area contributed by atoms with E-state index in [0.717, 1.165) is 58.4 Å². The molecule has 0 spiro atoms. The molecule has 0 atom stereocenters. The molecule has 0 bridgehead atoms. The van der Waals surface area contributed by atoms with Crippen molar-refractivity contribution in [2.75, 3.05) is 0 Å². The number of ketones is 1. The molecule has 4 nitrogen and oxygen atoms in total. The summed E-state index contributed by atoms with van der Waals surface area (Å²) in [5.74, 6) is -0.227. The third-order valence-electron chi connectivity index (χ3n) is 9.61. The van der Waals surface area contributed by atoms with Crippen LogP contribution in [0, 0.1) is 23.7 Å². The number of halogens is 4. The first kappa shape index (κ1) is 41.0. The first-order valence-corrected chi connectivity index (χ1v) is 18.3. The first-order valence-electron chi connectivity index (χ1n) is 17.4. The van der Waals surface area contributed by atoms with Crippen molar-refractivity contribution >= 4 is 59.7 Å². The summed E-state index contributed by atoms with van der Waals surface area (Å²) >= 11 is 1.60. The Morgan fingerprint density at radius 3 is 2.13 bits per heavy atom. The number of hydrogen-bond donors (Lipinski definition) is 1. The molecule has 277 valence electrons. The number of fused-ring (bicyclic) bond motifs is 4. The quantitative estimate of drug-likeness (QED) is 0.0543. The molecule has 0 aliphatic heterocycles. The number of carbonyl (C=O) groups is 1. The standard InChI is InChI=1S/C29H19F4N2S.C13H24O2.Ir/c1-28(2,3)21-12-17(10-16-13-22-15(8-9-36-22)11-20(16)21)26-23-25(30)19-7-5-4-6-18(19)24(29(31,32)33)27(23)35-14-34-26;1-5-10(6-2)12(14)9-13(15)11(7-3)8-4;/h4-9,11-14H,1-3H3;9-11,14H,5-8H2,1-4H3;/q-1;;/b;12-9-;. The summed E-state index contributed by atoms with van der Waals surface area (Å²) in [6.45, 7) is 14.3. The maximum Gasteiger partial charge on any atom is 0.419 e. The Kier molecular flexibility index (Phi) is 13.0. The minimum absolute atomic E-state index is 0. The summed E-state index contributed by atoms with van der Waals surface area (Å²) in [5.41, 5.74) is -0.218. The molecule has 4 aromatic carbocycles. The minimum Gasteiger partial charge on any atom is -0.512 e. The minimum atomic E-state index is -4.73. The fraction of sp³-hybridized carbons (Fsp3) is 0.357. The van der Waals surface area contributed by atoms with Gasteiger partial charge in [-0.2, -0.15) is 24.5 Å². The van der Waals surface area contributed by atoms with E-state index in [-0.39, 0.29) is 70.8 Å². The molecule has 6 aromatic rings. The number of nitrogens with zero attached hydrogens (tertiary/aromatic N) is 2. The van der Waals surface area contributed by atoms with Crippen molar-refractivity contribution in [3.63, 3.8) is 0 Å². The van der Waals surface area contributed by atoms with Gasteiger partial charge < -0.3 is 5.11 Å². The summed E-state index contributed by atoms with van der Waals surface area (Å²) in [6.07, 6.45) is 1.24. The Morgan fingerprint density at radius 2 is 1.54 bits per heavy atom. The monoisotopic (exact) mass is 908 g/mol. The van der Waals surface area contributed by atoms with Gasteiger partial charge in [-0.3, -0.25) is 9.78 Å². The van der Waals surface area contributed by atoms with Crippen molar-refractivity contribution in [2.24, 2.45) is 11.8 Å². The maximum absolute atomic E-state index is 15.9. The van der Waals surface area contributed by atoms with Gasteiger partial charge in [0.25, 0.3) is 0 Å². The maximum atomic E-state index is 15.9. The first-order chi connectivity index (χ1) is 24.1. The number of benzene rings is 4. The molecule has 6 rings (SSSR count). The van der Waals surface area contributed by atoms with E-state index in [1.165, 1.54) is 30.3 Å². The Balaban J connectivity index is 0.000000323. The van der Waals surface area contributed by atoms with Gasteiger partial charge in [-0.1, -0.05) is 89.7 Å². The van der Waals surface area contributed by atoms with E-state index in [4.69, 9.17) is 0 Å². The van der Waals surface area contributed by atoms with Crippen molar-refractivity contribution in [3.8, 4) is 11.3 Å². The largest absolute Gasteiger partial charge is 0.512 e. The predicted octanol–water partition coefficient (Wildman–Crippen LogP) is 12.9. The number of hydrogen-bond acceptors (Lipinski definition) is 5. The van der Waals surface area contributed by atoms with Gasteiger partial charge in [-0.05, 0) is 53.3 Å². The molecule has 1 radical (unpaired) electrons. The SMILES string of the molecule is CC(C)(C)c1cc(-c2ncnc3c(C(F)(F)F)c4ccccc4c(F)c23)[c-]c2cc3sccc3cc12.CCC(CC)C(=O)/C=C(\O)C(CC)CC.[Ir]. The van der Waals surface area contributed by atoms with Gasteiger partial charge in [0.1, 0.15) is 12.1 Å². The van der Waals surface area contributed by atoms with E-state index < -0.39 is 23.1 Å². The zero-order chi connectivity index (χ0) is 37.2. The van der Waals surface area contributed by atoms with Gasteiger partial charge >= 0.3 is 6.18 Å². The number of thiophene rings is 1. The number of allylic oxidation sites excluding steroid dienone is 2. The second-order valence-corrected chi connectivity index (χ2v) is 14.8. The van der Waals surface area contributed by atoms with Crippen molar-refractivity contribution < 1.29 is 47.6 Å². The zero-order valence-electron chi connectivity index (χ0n) is 30.3. The molecule has 2 aromatic heterocycles. The molecule has 0 unspecified atom stereocenters. The number of aromatic nitrogens is 2. The van der Waals surface area contributed by atoms with E-state index in [0.29, 0.717) is 5.56 Å². The fourth-order valence-corrected chi connectivity index (χ4v) is 7.51. The van der Waals surface area contributed by atoms with Gasteiger partial charge in [-0.15, -0.1) is 29.1 Å². The topological polar surface area (TPSA) is 63.1 Å². The van der Waals surface area contributed by atoms with Gasteiger partial charge in [0.05, 0.1) is 16.8 Å². The molecule has 0 saturated carbocycles. The second-order valence-electron chi connectivity index (χ2n) is 13.9. The smallest absolute Gasteiger partial charge is 0.419 e. The second kappa shape index (κ2) is 16.5. The summed E-state index contributed by atoms with van der Waals surface area (Å²) in [5, 5.41) is 14.1. The van der Waals surface area contributed by atoms with Gasteiger partial charge in [-0.25, -0.2) is 9.37 Å². The Labute approximate surface area is 319 Å². The molecule has 0 saturated heterocycles. The van der Waals surface area contributed by atoms with Crippen LogP contribution >= 0.6 is 11.3 Å². The average molecular weight is 908 g/mol. The molecule has 0 fully saturated rings. The summed E-state index contributed by atoms with van der Waals surface area (Å²) in [4.78, 5) is 19.9. The summed E-state index contributed by atoms with van der Waals surface area (Å²) in [6, 6.07) is 17.0. The van der Waals surface area contributed by atoms with Crippen LogP contribution in [0.3, 0.4) is 0 Å². The van der Waals surface area contributed by atoms with Crippen molar-refractivity contribution in [2.45, 2.75) is 85.7 Å². The van der Waals surface area contributed by atoms with E-state index in [2.05, 4.69) is 48.9 Å². The van der Waals surface area contributed by atoms with Gasteiger partial charge in [0.2, 0.25) is 0 Å². The number of carbonyl (C=O) groups excluding carboxylic acids is 1. The van der Waals surface area contributed by atoms with E-state index >= 15 is 4.39 Å². The van der Waals surface area contributed by atoms with Crippen LogP contribution < -0.4 is 0 Å². The van der Waals surface area contributed by atoms with Crippen LogP contribution in [-0.2, 0) is 36.5 Å². The average Bonchev–Trinajstić information content (AvgIpc) is 3.54. The zero-order valence-corrected chi connectivity index (χ0v) is 33.5. The molecule has 2 heterocycles. The molecular weight excluding hydrogens is 865 g/mol. The fourth-order valence-electron chi connectivity index (χ4n) is 6.70. The molecular formula is C42H43F4IrN2O2S-. The Bertz CT molecular complexity index is 2250. The van der Waals surface area contributed by atoms with E-state index in [1.54, 1.807) is 11.3 Å². The number of alkyl halides is 3. The Hall–Kier alpha value is -3.72. The molecule has 52 heavy (non-hydrogen) atoms. The molecule has 10 heteroatoms. The van der Waals surface area contributed by atoms with Crippen molar-refractivity contribution in [1.82, 2.24) is 9.97 Å². The van der Waals surface area contributed by atoms with Crippen molar-refractivity contribution in [3.05, 3.63) is 95.1 Å². The third-order valence-corrected chi connectivity index (χ3v) is 10.5. The van der Waals surface area contributed by atoms with Crippen LogP contribution in [0.25, 0.3) is 53.8 Å². The van der Waals surface area contributed by atoms with Crippen LogP contribution in [0.15, 0.2) is 72.1 Å². The number of aliphatic hydroxyl groups is 1. The van der Waals surface area contributed by atoms with Crippen LogP contribution in [0.4, 0.5) is 17.6 Å². The summed E-state index contributed by atoms with van der Waals surface area (Å²) < 4.78 is 59.8. The van der Waals surface area contributed by atoms with E-state index in [9.17, 15) is 23.1 Å². The van der Waals surface area contributed by atoms with E-state index in [1.807, 2.05) is 45.2 Å². The van der Waals surface area contributed by atoms with Crippen LogP contribution in [-0.4, -0.2) is 20.9 Å². The predicted molar refractivity (Wildman–Crippen MR) is 202 cm³/mol. The normalized spacial score (nSPS) is 12.5. The van der Waals surface area contributed by atoms with Gasteiger partial charge in [0, 0.05) is 59.2 Å². The van der Waals surface area contributed by atoms with Crippen LogP contribution in [0.1, 0.15) is 85.3 Å². The Morgan fingerprint density at radius 1 is 0.904 bits per heavy atom. The van der Waals surface area contributed by atoms with Crippen LogP contribution in [0.2, 0.25) is 0 Å². The van der Waals surface area contributed by atoms with Crippen LogP contribution in [0.5, 0.6) is 0 Å². The molecule has 0 aliphatic rings. The third kappa shape index (κ3) is 8.24. The molecule has 1 N–H and O–H groups in total. The number of rotatable bonds is 8. The summed E-state index contributed by atoms with van der Waals surface area (Å²) in [7, 11) is 0. The molecule has 0 aliphatic carbocycles. The number of aliphatic hydroxyl groups excluding tert-OH is 1. The molecule has 0 amide bonds. The van der Waals surface area contributed by atoms with Crippen molar-refractivity contribution in [1.29, 1.82) is 0 Å².